The Labute approximate surface area is 242 Å². The number of nitrogens with one attached hydrogen (secondary N) is 3. The van der Waals surface area contributed by atoms with E-state index >= 15 is 0 Å². The second kappa shape index (κ2) is 14.4. The second-order valence-electron chi connectivity index (χ2n) is 10.1. The van der Waals surface area contributed by atoms with E-state index < -0.39 is 0 Å². The van der Waals surface area contributed by atoms with Crippen LogP contribution in [0.25, 0.3) is 0 Å². The standard InChI is InChI=1S/C32H41N5O4/c1-5-41-20-8-15-33-31(38)26-22-25(34-32(39)35-27-13-11-23(2)21-24(27)3)12-14-28(26)36-16-18-37(19-17-36)29-9-6-7-10-30(29)40-4/h6-7,9-14,21-22H,5,8,15-20H2,1-4H3,(H,33,38)(H2,34,35,39). The van der Waals surface area contributed by atoms with Crippen LogP contribution in [0.2, 0.25) is 0 Å². The number of rotatable bonds is 11. The largest absolute Gasteiger partial charge is 0.495 e. The van der Waals surface area contributed by atoms with Crippen LogP contribution < -0.4 is 30.5 Å². The molecular weight excluding hydrogens is 518 g/mol. The molecule has 0 atom stereocenters. The SMILES string of the molecule is CCOCCCNC(=O)c1cc(NC(=O)Nc2ccc(C)cc2C)ccc1N1CCN(c2ccccc2OC)CC1. The van der Waals surface area contributed by atoms with Gasteiger partial charge in [-0.1, -0.05) is 29.8 Å². The van der Waals surface area contributed by atoms with E-state index in [4.69, 9.17) is 9.47 Å². The lowest BCUT2D eigenvalue weighted by Gasteiger charge is -2.38. The van der Waals surface area contributed by atoms with E-state index in [1.807, 2.05) is 69.3 Å². The quantitative estimate of drug-likeness (QED) is 0.271. The highest BCUT2D eigenvalue weighted by Crippen LogP contribution is 2.31. The molecule has 1 saturated heterocycles. The number of nitrogens with zero attached hydrogens (tertiary/aromatic N) is 2. The molecule has 3 amide bonds. The third-order valence-corrected chi connectivity index (χ3v) is 7.13. The number of anilines is 4. The molecule has 1 aliphatic heterocycles. The van der Waals surface area contributed by atoms with Crippen LogP contribution in [0.1, 0.15) is 34.8 Å². The fourth-order valence-corrected chi connectivity index (χ4v) is 5.00. The molecule has 3 aromatic carbocycles. The van der Waals surface area contributed by atoms with Crippen LogP contribution in [0.4, 0.5) is 27.5 Å². The summed E-state index contributed by atoms with van der Waals surface area (Å²) in [6, 6.07) is 19.0. The van der Waals surface area contributed by atoms with Gasteiger partial charge in [-0.2, -0.15) is 0 Å². The van der Waals surface area contributed by atoms with Crippen molar-refractivity contribution < 1.29 is 19.1 Å². The first-order chi connectivity index (χ1) is 19.9. The van der Waals surface area contributed by atoms with Gasteiger partial charge in [0.15, 0.2) is 0 Å². The van der Waals surface area contributed by atoms with Gasteiger partial charge in [-0.15, -0.1) is 0 Å². The first-order valence-electron chi connectivity index (χ1n) is 14.2. The zero-order chi connectivity index (χ0) is 29.2. The van der Waals surface area contributed by atoms with Gasteiger partial charge in [0.05, 0.1) is 18.4 Å². The van der Waals surface area contributed by atoms with Crippen molar-refractivity contribution in [2.75, 3.05) is 73.5 Å². The summed E-state index contributed by atoms with van der Waals surface area (Å²) in [6.45, 7) is 10.7. The molecule has 0 aliphatic carbocycles. The Morgan fingerprint density at radius 2 is 1.61 bits per heavy atom. The van der Waals surface area contributed by atoms with Crippen molar-refractivity contribution in [3.63, 3.8) is 0 Å². The lowest BCUT2D eigenvalue weighted by atomic mass is 10.1. The summed E-state index contributed by atoms with van der Waals surface area (Å²) >= 11 is 0. The molecule has 41 heavy (non-hydrogen) atoms. The summed E-state index contributed by atoms with van der Waals surface area (Å²) in [6.07, 6.45) is 0.725. The molecule has 218 valence electrons. The van der Waals surface area contributed by atoms with Crippen LogP contribution in [0, 0.1) is 13.8 Å². The van der Waals surface area contributed by atoms with Crippen LogP contribution in [0.15, 0.2) is 60.7 Å². The van der Waals surface area contributed by atoms with Gasteiger partial charge in [-0.3, -0.25) is 4.79 Å². The number of carbonyl (C=O) groups excluding carboxylic acids is 2. The smallest absolute Gasteiger partial charge is 0.323 e. The number of amides is 3. The molecule has 0 aromatic heterocycles. The van der Waals surface area contributed by atoms with Crippen LogP contribution in [0.3, 0.4) is 0 Å². The Kier molecular flexibility index (Phi) is 10.5. The number of benzene rings is 3. The van der Waals surface area contributed by atoms with Crippen LogP contribution in [-0.2, 0) is 4.74 Å². The van der Waals surface area contributed by atoms with Crippen molar-refractivity contribution in [3.8, 4) is 5.75 Å². The van der Waals surface area contributed by atoms with Gasteiger partial charge in [0.25, 0.3) is 5.91 Å². The second-order valence-corrected chi connectivity index (χ2v) is 10.1. The van der Waals surface area contributed by atoms with Gasteiger partial charge < -0.3 is 35.2 Å². The number of piperazine rings is 1. The van der Waals surface area contributed by atoms with Crippen molar-refractivity contribution in [3.05, 3.63) is 77.4 Å². The lowest BCUT2D eigenvalue weighted by molar-refractivity contribution is 0.0944. The summed E-state index contributed by atoms with van der Waals surface area (Å²) in [5.41, 5.74) is 5.83. The van der Waals surface area contributed by atoms with Crippen molar-refractivity contribution in [2.24, 2.45) is 0 Å². The highest BCUT2D eigenvalue weighted by atomic mass is 16.5. The average Bonchev–Trinajstić information content (AvgIpc) is 2.98. The maximum absolute atomic E-state index is 13.4. The predicted molar refractivity (Wildman–Crippen MR) is 166 cm³/mol. The summed E-state index contributed by atoms with van der Waals surface area (Å²) < 4.78 is 11.0. The maximum Gasteiger partial charge on any atom is 0.323 e. The molecule has 9 heteroatoms. The molecule has 1 aliphatic rings. The van der Waals surface area contributed by atoms with E-state index in [0.29, 0.717) is 31.0 Å². The number of aryl methyl sites for hydroxylation is 2. The van der Waals surface area contributed by atoms with E-state index in [-0.39, 0.29) is 11.9 Å². The number of hydrogen-bond acceptors (Lipinski definition) is 6. The zero-order valence-electron chi connectivity index (χ0n) is 24.5. The first-order valence-corrected chi connectivity index (χ1v) is 14.2. The molecule has 0 spiro atoms. The number of urea groups is 1. The molecule has 1 fully saturated rings. The highest BCUT2D eigenvalue weighted by Gasteiger charge is 2.24. The Hall–Kier alpha value is -4.24. The summed E-state index contributed by atoms with van der Waals surface area (Å²) in [5.74, 6) is 0.671. The van der Waals surface area contributed by atoms with Crippen molar-refractivity contribution in [1.29, 1.82) is 0 Å². The monoisotopic (exact) mass is 559 g/mol. The fraction of sp³-hybridized carbons (Fsp3) is 0.375. The van der Waals surface area contributed by atoms with Crippen molar-refractivity contribution >= 4 is 34.7 Å². The Morgan fingerprint density at radius 1 is 0.878 bits per heavy atom. The molecule has 4 rings (SSSR count). The predicted octanol–water partition coefficient (Wildman–Crippen LogP) is 5.44. The topological polar surface area (TPSA) is 95.2 Å². The molecule has 0 radical (unpaired) electrons. The molecule has 3 N–H and O–H groups in total. The molecule has 0 bridgehead atoms. The highest BCUT2D eigenvalue weighted by molar-refractivity contribution is 6.04. The van der Waals surface area contributed by atoms with Gasteiger partial charge in [0.1, 0.15) is 5.75 Å². The third-order valence-electron chi connectivity index (χ3n) is 7.13. The minimum atomic E-state index is -0.363. The van der Waals surface area contributed by atoms with E-state index in [2.05, 4.69) is 31.8 Å². The van der Waals surface area contributed by atoms with Crippen molar-refractivity contribution in [2.45, 2.75) is 27.2 Å². The van der Waals surface area contributed by atoms with Gasteiger partial charge in [0, 0.05) is 63.0 Å². The van der Waals surface area contributed by atoms with E-state index in [1.165, 1.54) is 0 Å². The molecule has 0 saturated carbocycles. The van der Waals surface area contributed by atoms with Crippen LogP contribution >= 0.6 is 0 Å². The molecular formula is C32H41N5O4. The van der Waals surface area contributed by atoms with Gasteiger partial charge >= 0.3 is 6.03 Å². The van der Waals surface area contributed by atoms with Crippen LogP contribution in [-0.4, -0.2) is 65.0 Å². The number of methoxy groups -OCH3 is 1. The fourth-order valence-electron chi connectivity index (χ4n) is 5.00. The third kappa shape index (κ3) is 7.91. The summed E-state index contributed by atoms with van der Waals surface area (Å²) in [4.78, 5) is 30.7. The first kappa shape index (κ1) is 29.7. The number of para-hydroxylation sites is 2. The number of hydrogen-bond donors (Lipinski definition) is 3. The Morgan fingerprint density at radius 3 is 2.32 bits per heavy atom. The summed E-state index contributed by atoms with van der Waals surface area (Å²) in [7, 11) is 1.69. The normalized spacial score (nSPS) is 13.1. The van der Waals surface area contributed by atoms with E-state index in [9.17, 15) is 9.59 Å². The Balaban J connectivity index is 1.49. The van der Waals surface area contributed by atoms with E-state index in [1.54, 1.807) is 13.2 Å². The van der Waals surface area contributed by atoms with Crippen molar-refractivity contribution in [1.82, 2.24) is 5.32 Å². The minimum absolute atomic E-state index is 0.179. The van der Waals surface area contributed by atoms with E-state index in [0.717, 1.165) is 66.5 Å². The number of carbonyl (C=O) groups is 2. The van der Waals surface area contributed by atoms with Gasteiger partial charge in [-0.05, 0) is 69.2 Å². The lowest BCUT2D eigenvalue weighted by Crippen LogP contribution is -2.47. The van der Waals surface area contributed by atoms with Crippen LogP contribution in [0.5, 0.6) is 5.75 Å². The Bertz CT molecular complexity index is 1340. The maximum atomic E-state index is 13.4. The molecule has 9 nitrogen and oxygen atoms in total. The minimum Gasteiger partial charge on any atom is -0.495 e. The summed E-state index contributed by atoms with van der Waals surface area (Å²) in [5, 5.41) is 8.82. The number of ether oxygens (including phenoxy) is 2. The molecule has 0 unspecified atom stereocenters. The van der Waals surface area contributed by atoms with Gasteiger partial charge in [0.2, 0.25) is 0 Å². The average molecular weight is 560 g/mol. The van der Waals surface area contributed by atoms with Gasteiger partial charge in [-0.25, -0.2) is 4.79 Å². The molecule has 3 aromatic rings. The zero-order valence-corrected chi connectivity index (χ0v) is 24.5. The molecule has 1 heterocycles.